The number of benzene rings is 2. The summed E-state index contributed by atoms with van der Waals surface area (Å²) in [5, 5.41) is 13.2. The number of ether oxygens (including phenoxy) is 1. The van der Waals surface area contributed by atoms with Gasteiger partial charge in [-0.2, -0.15) is 22.0 Å². The van der Waals surface area contributed by atoms with Gasteiger partial charge in [0, 0.05) is 19.2 Å². The van der Waals surface area contributed by atoms with E-state index in [1.54, 1.807) is 55.5 Å². The van der Waals surface area contributed by atoms with Gasteiger partial charge in [0.15, 0.2) is 0 Å². The highest BCUT2D eigenvalue weighted by Gasteiger charge is 2.57. The molecule has 3 amide bonds. The number of rotatable bonds is 12. The molecule has 0 spiro atoms. The largest absolute Gasteiger partial charge is 0.455 e. The van der Waals surface area contributed by atoms with Gasteiger partial charge in [0.25, 0.3) is 11.8 Å². The number of halogens is 5. The van der Waals surface area contributed by atoms with Crippen molar-refractivity contribution in [3.63, 3.8) is 0 Å². The van der Waals surface area contributed by atoms with Crippen LogP contribution in [-0.2, 0) is 19.1 Å². The Kier molecular flexibility index (Phi) is 10.1. The molecule has 37 heavy (non-hydrogen) atoms. The maximum atomic E-state index is 13.1. The summed E-state index contributed by atoms with van der Waals surface area (Å²) < 4.78 is 68.1. The molecule has 2 aromatic carbocycles. The summed E-state index contributed by atoms with van der Waals surface area (Å²) in [6.45, 7) is -0.741. The van der Waals surface area contributed by atoms with Gasteiger partial charge in [0.1, 0.15) is 0 Å². The lowest BCUT2D eigenvalue weighted by atomic mass is 9.94. The normalized spacial score (nSPS) is 13.4. The quantitative estimate of drug-likeness (QED) is 0.222. The molecule has 0 aliphatic rings. The van der Waals surface area contributed by atoms with Crippen LogP contribution in [-0.4, -0.2) is 68.3 Å². The van der Waals surface area contributed by atoms with Crippen LogP contribution in [0.15, 0.2) is 48.5 Å². The maximum absolute atomic E-state index is 13.1. The fraction of sp³-hybridized carbons (Fsp3) is 0.375. The minimum absolute atomic E-state index is 0.0347. The number of nitrogens with one attached hydrogen (secondary N) is 2. The molecule has 2 rings (SSSR count). The molecule has 0 bridgehead atoms. The monoisotopic (exact) mass is 531 g/mol. The summed E-state index contributed by atoms with van der Waals surface area (Å²) in [7, 11) is 0.926. The van der Waals surface area contributed by atoms with Crippen molar-refractivity contribution in [3.05, 3.63) is 54.1 Å². The molecule has 8 nitrogen and oxygen atoms in total. The van der Waals surface area contributed by atoms with Crippen LogP contribution in [0.4, 0.5) is 27.6 Å². The SMILES string of the molecule is COC(C(=O)NCC(F)(F)C(F)(F)F)C(=O)N[C@H](C)c1ccccc1-c1ccccc1N(C=O)CCO. The summed E-state index contributed by atoms with van der Waals surface area (Å²) in [6.07, 6.45) is -7.32. The van der Waals surface area contributed by atoms with Crippen molar-refractivity contribution in [3.8, 4) is 11.1 Å². The van der Waals surface area contributed by atoms with Gasteiger partial charge >= 0.3 is 12.1 Å². The van der Waals surface area contributed by atoms with Crippen molar-refractivity contribution >= 4 is 23.9 Å². The Balaban J connectivity index is 2.27. The fourth-order valence-electron chi connectivity index (χ4n) is 3.50. The van der Waals surface area contributed by atoms with Crippen LogP contribution in [0, 0.1) is 0 Å². The van der Waals surface area contributed by atoms with E-state index in [2.05, 4.69) is 5.32 Å². The zero-order valence-corrected chi connectivity index (χ0v) is 19.9. The van der Waals surface area contributed by atoms with Crippen molar-refractivity contribution in [2.45, 2.75) is 31.2 Å². The molecule has 0 fully saturated rings. The van der Waals surface area contributed by atoms with Crippen LogP contribution in [0.25, 0.3) is 11.1 Å². The van der Waals surface area contributed by atoms with E-state index in [1.165, 1.54) is 10.2 Å². The average Bonchev–Trinajstić information content (AvgIpc) is 2.85. The molecule has 2 aromatic rings. The second-order valence-corrected chi connectivity index (χ2v) is 7.89. The zero-order valence-electron chi connectivity index (χ0n) is 19.9. The van der Waals surface area contributed by atoms with E-state index in [0.717, 1.165) is 7.11 Å². The highest BCUT2D eigenvalue weighted by Crippen LogP contribution is 2.36. The molecule has 0 aliphatic carbocycles. The van der Waals surface area contributed by atoms with Crippen molar-refractivity contribution in [2.75, 3.05) is 31.7 Å². The molecule has 1 unspecified atom stereocenters. The van der Waals surface area contributed by atoms with Gasteiger partial charge in [-0.1, -0.05) is 42.5 Å². The number of carbonyl (C=O) groups excluding carboxylic acids is 3. The maximum Gasteiger partial charge on any atom is 0.455 e. The molecule has 13 heteroatoms. The predicted molar refractivity (Wildman–Crippen MR) is 124 cm³/mol. The minimum atomic E-state index is -5.88. The Hall–Kier alpha value is -3.58. The first kappa shape index (κ1) is 29.6. The number of hydrogen-bond donors (Lipinski definition) is 3. The van der Waals surface area contributed by atoms with E-state index in [4.69, 9.17) is 4.74 Å². The summed E-state index contributed by atoms with van der Waals surface area (Å²) >= 11 is 0. The summed E-state index contributed by atoms with van der Waals surface area (Å²) in [5.41, 5.74) is 2.21. The molecular weight excluding hydrogens is 505 g/mol. The molecule has 202 valence electrons. The molecule has 0 heterocycles. The standard InChI is InChI=1S/C24H26F5N3O5/c1-15(31-22(36)20(37-2)21(35)30-13-23(25,26)24(27,28)29)16-7-3-4-8-17(16)18-9-5-6-10-19(18)32(14-34)11-12-33/h3-10,14-15,20,33H,11-13H2,1-2H3,(H,30,35)(H,31,36)/t15-,20?/m1/s1. The Morgan fingerprint density at radius 1 is 1.03 bits per heavy atom. The molecule has 0 saturated carbocycles. The Morgan fingerprint density at radius 3 is 2.19 bits per heavy atom. The Morgan fingerprint density at radius 2 is 1.62 bits per heavy atom. The van der Waals surface area contributed by atoms with Crippen molar-refractivity contribution in [2.24, 2.45) is 0 Å². The Bertz CT molecular complexity index is 1100. The van der Waals surface area contributed by atoms with Crippen LogP contribution in [0.1, 0.15) is 18.5 Å². The number of para-hydroxylation sites is 1. The smallest absolute Gasteiger partial charge is 0.395 e. The van der Waals surface area contributed by atoms with Gasteiger partial charge < -0.3 is 25.4 Å². The first-order valence-electron chi connectivity index (χ1n) is 10.9. The molecule has 0 saturated heterocycles. The first-order valence-corrected chi connectivity index (χ1v) is 10.9. The van der Waals surface area contributed by atoms with Crippen molar-refractivity contribution < 1.29 is 46.2 Å². The molecule has 3 N–H and O–H groups in total. The third-order valence-electron chi connectivity index (χ3n) is 5.37. The lowest BCUT2D eigenvalue weighted by Gasteiger charge is -2.25. The van der Waals surface area contributed by atoms with E-state index >= 15 is 0 Å². The number of nitrogens with zero attached hydrogens (tertiary/aromatic N) is 1. The molecular formula is C24H26F5N3O5. The fourth-order valence-corrected chi connectivity index (χ4v) is 3.50. The van der Waals surface area contributed by atoms with Crippen LogP contribution in [0.2, 0.25) is 0 Å². The molecule has 0 aliphatic heterocycles. The van der Waals surface area contributed by atoms with E-state index in [9.17, 15) is 41.4 Å². The number of hydrogen-bond acceptors (Lipinski definition) is 5. The second-order valence-electron chi connectivity index (χ2n) is 7.89. The van der Waals surface area contributed by atoms with E-state index in [1.807, 2.05) is 0 Å². The van der Waals surface area contributed by atoms with Crippen LogP contribution in [0.5, 0.6) is 0 Å². The third kappa shape index (κ3) is 7.23. The lowest BCUT2D eigenvalue weighted by molar-refractivity contribution is -0.278. The van der Waals surface area contributed by atoms with Crippen LogP contribution in [0.3, 0.4) is 0 Å². The van der Waals surface area contributed by atoms with Crippen LogP contribution < -0.4 is 15.5 Å². The second kappa shape index (κ2) is 12.6. The van der Waals surface area contributed by atoms with Crippen molar-refractivity contribution in [1.29, 1.82) is 0 Å². The first-order chi connectivity index (χ1) is 17.4. The number of alkyl halides is 5. The topological polar surface area (TPSA) is 108 Å². The Labute approximate surface area is 209 Å². The number of methoxy groups -OCH3 is 1. The van der Waals surface area contributed by atoms with E-state index < -0.39 is 42.6 Å². The number of anilines is 1. The number of aliphatic hydroxyl groups is 1. The molecule has 2 atom stereocenters. The van der Waals surface area contributed by atoms with E-state index in [0.29, 0.717) is 28.8 Å². The number of carbonyl (C=O) groups is 3. The lowest BCUT2D eigenvalue weighted by Crippen LogP contribution is -2.52. The number of aliphatic hydroxyl groups excluding tert-OH is 1. The van der Waals surface area contributed by atoms with Gasteiger partial charge in [-0.05, 0) is 24.1 Å². The minimum Gasteiger partial charge on any atom is -0.395 e. The highest BCUT2D eigenvalue weighted by molar-refractivity contribution is 6.03. The predicted octanol–water partition coefficient (Wildman–Crippen LogP) is 2.81. The van der Waals surface area contributed by atoms with Gasteiger partial charge in [0.2, 0.25) is 12.5 Å². The van der Waals surface area contributed by atoms with Crippen LogP contribution >= 0.6 is 0 Å². The summed E-state index contributed by atoms with van der Waals surface area (Å²) in [6, 6.07) is 12.8. The summed E-state index contributed by atoms with van der Waals surface area (Å²) in [4.78, 5) is 37.7. The van der Waals surface area contributed by atoms with Gasteiger partial charge in [-0.15, -0.1) is 0 Å². The van der Waals surface area contributed by atoms with Crippen molar-refractivity contribution in [1.82, 2.24) is 10.6 Å². The van der Waals surface area contributed by atoms with Gasteiger partial charge in [-0.25, -0.2) is 0 Å². The zero-order chi connectivity index (χ0) is 27.8. The van der Waals surface area contributed by atoms with E-state index in [-0.39, 0.29) is 13.2 Å². The molecule has 0 radical (unpaired) electrons. The van der Waals surface area contributed by atoms with Gasteiger partial charge in [-0.3, -0.25) is 14.4 Å². The third-order valence-corrected chi connectivity index (χ3v) is 5.37. The highest BCUT2D eigenvalue weighted by atomic mass is 19.4. The average molecular weight is 531 g/mol. The van der Waals surface area contributed by atoms with Gasteiger partial charge in [0.05, 0.1) is 24.9 Å². The number of amides is 3. The molecule has 0 aromatic heterocycles. The summed E-state index contributed by atoms with van der Waals surface area (Å²) in [5.74, 6) is -7.73.